The van der Waals surface area contributed by atoms with Crippen LogP contribution in [0.5, 0.6) is 23.0 Å². The summed E-state index contributed by atoms with van der Waals surface area (Å²) in [7, 11) is 3.07. The Balaban J connectivity index is 2.14. The van der Waals surface area contributed by atoms with Gasteiger partial charge in [-0.3, -0.25) is 9.10 Å². The number of benzene rings is 3. The Labute approximate surface area is 205 Å². The van der Waals surface area contributed by atoms with Gasteiger partial charge in [0.2, 0.25) is 5.91 Å². The third-order valence-corrected chi connectivity index (χ3v) is 7.15. The molecule has 0 aromatic heterocycles. The number of nitrogens with zero attached hydrogens (tertiary/aromatic N) is 2. The molecule has 0 saturated carbocycles. The maximum Gasteiger partial charge on any atom is 0.265 e. The number of sulfonamides is 1. The van der Waals surface area contributed by atoms with Gasteiger partial charge in [-0.25, -0.2) is 8.42 Å². The molecule has 35 heavy (non-hydrogen) atoms. The molecule has 3 aromatic carbocycles. The van der Waals surface area contributed by atoms with Crippen molar-refractivity contribution in [3.05, 3.63) is 66.7 Å². The van der Waals surface area contributed by atoms with Crippen molar-refractivity contribution in [2.75, 3.05) is 51.2 Å². The van der Waals surface area contributed by atoms with E-state index in [4.69, 9.17) is 18.9 Å². The second kappa shape index (κ2) is 11.0. The normalized spacial score (nSPS) is 10.9. The lowest BCUT2D eigenvalue weighted by atomic mass is 10.2. The number of amides is 1. The highest BCUT2D eigenvalue weighted by Crippen LogP contribution is 2.37. The van der Waals surface area contributed by atoms with Crippen molar-refractivity contribution in [3.8, 4) is 23.0 Å². The molecule has 0 heterocycles. The van der Waals surface area contributed by atoms with Gasteiger partial charge in [0.25, 0.3) is 10.0 Å². The summed E-state index contributed by atoms with van der Waals surface area (Å²) in [6.07, 6.45) is 0. The van der Waals surface area contributed by atoms with Crippen LogP contribution in [0.4, 0.5) is 11.4 Å². The maximum atomic E-state index is 13.9. The van der Waals surface area contributed by atoms with E-state index >= 15 is 0 Å². The summed E-state index contributed by atoms with van der Waals surface area (Å²) in [5.74, 6) is 0.808. The van der Waals surface area contributed by atoms with Crippen molar-refractivity contribution >= 4 is 27.3 Å². The Morgan fingerprint density at radius 1 is 0.771 bits per heavy atom. The number of ether oxygens (including phenoxy) is 4. The molecule has 0 N–H and O–H groups in total. The standard InChI is InChI=1S/C25H28N2O7S/c1-26(18-9-7-6-8-10-18)25(28)17-27(21-15-19(31-2)11-13-22(21)32-3)35(29,30)20-12-14-23(33-4)24(16-20)34-5/h6-16H,17H2,1-5H3. The van der Waals surface area contributed by atoms with Gasteiger partial charge >= 0.3 is 0 Å². The van der Waals surface area contributed by atoms with E-state index in [1.807, 2.05) is 6.07 Å². The number of rotatable bonds is 10. The highest BCUT2D eigenvalue weighted by atomic mass is 32.2. The topological polar surface area (TPSA) is 94.6 Å². The smallest absolute Gasteiger partial charge is 0.265 e. The molecular weight excluding hydrogens is 472 g/mol. The van der Waals surface area contributed by atoms with Crippen molar-refractivity contribution in [2.45, 2.75) is 4.90 Å². The first-order valence-corrected chi connectivity index (χ1v) is 12.0. The second-order valence-corrected chi connectivity index (χ2v) is 9.22. The van der Waals surface area contributed by atoms with Gasteiger partial charge in [-0.1, -0.05) is 18.2 Å². The molecule has 0 aliphatic rings. The molecule has 0 aliphatic heterocycles. The maximum absolute atomic E-state index is 13.9. The number of methoxy groups -OCH3 is 4. The van der Waals surface area contributed by atoms with Gasteiger partial charge in [0.05, 0.1) is 39.0 Å². The monoisotopic (exact) mass is 500 g/mol. The lowest BCUT2D eigenvalue weighted by Gasteiger charge is -2.28. The second-order valence-electron chi connectivity index (χ2n) is 7.35. The molecular formula is C25H28N2O7S. The van der Waals surface area contributed by atoms with Crippen LogP contribution in [0.3, 0.4) is 0 Å². The quantitative estimate of drug-likeness (QED) is 0.420. The Morgan fingerprint density at radius 3 is 2.00 bits per heavy atom. The molecule has 1 amide bonds. The van der Waals surface area contributed by atoms with Crippen LogP contribution in [0.2, 0.25) is 0 Å². The molecule has 0 atom stereocenters. The highest BCUT2D eigenvalue weighted by molar-refractivity contribution is 7.92. The fourth-order valence-electron chi connectivity index (χ4n) is 3.42. The van der Waals surface area contributed by atoms with E-state index < -0.39 is 22.5 Å². The van der Waals surface area contributed by atoms with Crippen LogP contribution in [0.25, 0.3) is 0 Å². The first-order valence-electron chi connectivity index (χ1n) is 10.5. The van der Waals surface area contributed by atoms with Gasteiger partial charge in [0.1, 0.15) is 18.0 Å². The zero-order valence-electron chi connectivity index (χ0n) is 20.2. The van der Waals surface area contributed by atoms with Gasteiger partial charge < -0.3 is 23.8 Å². The van der Waals surface area contributed by atoms with Crippen molar-refractivity contribution in [2.24, 2.45) is 0 Å². The molecule has 3 aromatic rings. The molecule has 0 aliphatic carbocycles. The molecule has 10 heteroatoms. The number of hydrogen-bond acceptors (Lipinski definition) is 7. The Kier molecular flexibility index (Phi) is 8.08. The summed E-state index contributed by atoms with van der Waals surface area (Å²) in [5.41, 5.74) is 0.773. The minimum Gasteiger partial charge on any atom is -0.497 e. The fraction of sp³-hybridized carbons (Fsp3) is 0.240. The molecule has 0 unspecified atom stereocenters. The van der Waals surface area contributed by atoms with Crippen molar-refractivity contribution in [1.82, 2.24) is 0 Å². The number of anilines is 2. The van der Waals surface area contributed by atoms with E-state index in [-0.39, 0.29) is 22.1 Å². The van der Waals surface area contributed by atoms with E-state index in [9.17, 15) is 13.2 Å². The molecule has 0 radical (unpaired) electrons. The predicted molar refractivity (Wildman–Crippen MR) is 133 cm³/mol. The minimum absolute atomic E-state index is 0.0878. The molecule has 3 rings (SSSR count). The SMILES string of the molecule is COc1ccc(OC)c(N(CC(=O)N(C)c2ccccc2)S(=O)(=O)c2ccc(OC)c(OC)c2)c1. The van der Waals surface area contributed by atoms with E-state index in [1.54, 1.807) is 43.4 Å². The summed E-state index contributed by atoms with van der Waals surface area (Å²) in [4.78, 5) is 14.6. The van der Waals surface area contributed by atoms with Crippen LogP contribution in [0.15, 0.2) is 71.6 Å². The average Bonchev–Trinajstić information content (AvgIpc) is 2.90. The number of carbonyl (C=O) groups is 1. The predicted octanol–water partition coefficient (Wildman–Crippen LogP) is 3.58. The Bertz CT molecular complexity index is 1280. The summed E-state index contributed by atoms with van der Waals surface area (Å²) in [5, 5.41) is 0. The fourth-order valence-corrected chi connectivity index (χ4v) is 4.85. The Morgan fingerprint density at radius 2 is 1.40 bits per heavy atom. The summed E-state index contributed by atoms with van der Waals surface area (Å²) in [6, 6.07) is 17.9. The van der Waals surface area contributed by atoms with Gasteiger partial charge in [0.15, 0.2) is 11.5 Å². The largest absolute Gasteiger partial charge is 0.497 e. The average molecular weight is 501 g/mol. The highest BCUT2D eigenvalue weighted by Gasteiger charge is 2.32. The van der Waals surface area contributed by atoms with Crippen LogP contribution >= 0.6 is 0 Å². The molecule has 0 fully saturated rings. The van der Waals surface area contributed by atoms with Crippen molar-refractivity contribution in [3.63, 3.8) is 0 Å². The first kappa shape index (κ1) is 25.7. The zero-order chi connectivity index (χ0) is 25.6. The number of hydrogen-bond donors (Lipinski definition) is 0. The van der Waals surface area contributed by atoms with E-state index in [0.717, 1.165) is 4.31 Å². The van der Waals surface area contributed by atoms with E-state index in [2.05, 4.69) is 0 Å². The van der Waals surface area contributed by atoms with Crippen LogP contribution in [-0.4, -0.2) is 56.4 Å². The summed E-state index contributed by atoms with van der Waals surface area (Å²) >= 11 is 0. The van der Waals surface area contributed by atoms with Crippen molar-refractivity contribution < 1.29 is 32.2 Å². The van der Waals surface area contributed by atoms with E-state index in [0.29, 0.717) is 17.2 Å². The third-order valence-electron chi connectivity index (χ3n) is 5.39. The summed E-state index contributed by atoms with van der Waals surface area (Å²) < 4.78 is 50.1. The number of likely N-dealkylation sites (N-methyl/N-ethyl adjacent to an activating group) is 1. The molecule has 0 bridgehead atoms. The first-order chi connectivity index (χ1) is 16.8. The van der Waals surface area contributed by atoms with Gasteiger partial charge in [-0.15, -0.1) is 0 Å². The van der Waals surface area contributed by atoms with Gasteiger partial charge in [-0.2, -0.15) is 0 Å². The van der Waals surface area contributed by atoms with Crippen LogP contribution in [0.1, 0.15) is 0 Å². The number of para-hydroxylation sites is 1. The van der Waals surface area contributed by atoms with E-state index in [1.165, 1.54) is 57.6 Å². The Hall–Kier alpha value is -3.92. The summed E-state index contributed by atoms with van der Waals surface area (Å²) in [6.45, 7) is -0.494. The number of carbonyl (C=O) groups excluding carboxylic acids is 1. The van der Waals surface area contributed by atoms with Gasteiger partial charge in [0, 0.05) is 24.9 Å². The minimum atomic E-state index is -4.27. The van der Waals surface area contributed by atoms with Crippen molar-refractivity contribution in [1.29, 1.82) is 0 Å². The molecule has 0 spiro atoms. The zero-order valence-corrected chi connectivity index (χ0v) is 21.0. The molecule has 0 saturated heterocycles. The lowest BCUT2D eigenvalue weighted by molar-refractivity contribution is -0.116. The van der Waals surface area contributed by atoms with Gasteiger partial charge in [-0.05, 0) is 36.4 Å². The third kappa shape index (κ3) is 5.43. The van der Waals surface area contributed by atoms with Crippen LogP contribution in [0, 0.1) is 0 Å². The molecule has 9 nitrogen and oxygen atoms in total. The van der Waals surface area contributed by atoms with Crippen LogP contribution in [-0.2, 0) is 14.8 Å². The van der Waals surface area contributed by atoms with Crippen LogP contribution < -0.4 is 28.2 Å². The molecule has 186 valence electrons. The lowest BCUT2D eigenvalue weighted by Crippen LogP contribution is -2.42.